The molecule has 0 saturated carbocycles. The molecule has 0 fully saturated rings. The van der Waals surface area contributed by atoms with Crippen LogP contribution < -0.4 is 0 Å². The molecular formula is C8H12N4S. The molecule has 13 heavy (non-hydrogen) atoms. The first kappa shape index (κ1) is 8.50. The molecule has 0 unspecified atom stereocenters. The van der Waals surface area contributed by atoms with Crippen LogP contribution in [-0.2, 0) is 0 Å². The molecule has 2 aromatic heterocycles. The monoisotopic (exact) mass is 196 g/mol. The van der Waals surface area contributed by atoms with Crippen LogP contribution in [0.2, 0.25) is 0 Å². The minimum atomic E-state index is -0.822. The molecule has 0 aromatic carbocycles. The van der Waals surface area contributed by atoms with Crippen molar-refractivity contribution in [1.82, 2.24) is 19.9 Å². The second-order valence-electron chi connectivity index (χ2n) is 3.62. The fourth-order valence-electron chi connectivity index (χ4n) is 1.21. The predicted octanol–water partition coefficient (Wildman–Crippen LogP) is 1.41. The standard InChI is InChI=1S/C8H12N4S/c1-13(2,3)8-6-7(10-4-9-6)11-5-12-8/h4-5H,1-3H3,(H,9,10,11,12). The van der Waals surface area contributed by atoms with Gasteiger partial charge in [-0.25, -0.2) is 25.0 Å². The summed E-state index contributed by atoms with van der Waals surface area (Å²) < 4.78 is 0. The molecule has 2 heterocycles. The Kier molecular flexibility index (Phi) is 1.76. The molecule has 5 heteroatoms. The van der Waals surface area contributed by atoms with Gasteiger partial charge in [0, 0.05) is 0 Å². The van der Waals surface area contributed by atoms with E-state index in [1.807, 2.05) is 0 Å². The lowest BCUT2D eigenvalue weighted by molar-refractivity contribution is 1.08. The van der Waals surface area contributed by atoms with Crippen LogP contribution in [0.4, 0.5) is 0 Å². The zero-order valence-corrected chi connectivity index (χ0v) is 8.72. The number of aromatic amines is 1. The van der Waals surface area contributed by atoms with Gasteiger partial charge in [-0.05, 0) is 18.8 Å². The van der Waals surface area contributed by atoms with Crippen molar-refractivity contribution in [1.29, 1.82) is 0 Å². The number of H-pyrrole nitrogens is 1. The highest BCUT2D eigenvalue weighted by Crippen LogP contribution is 2.45. The van der Waals surface area contributed by atoms with E-state index in [1.54, 1.807) is 12.7 Å². The van der Waals surface area contributed by atoms with Crippen molar-refractivity contribution in [3.8, 4) is 0 Å². The van der Waals surface area contributed by atoms with E-state index in [0.29, 0.717) is 0 Å². The summed E-state index contributed by atoms with van der Waals surface area (Å²) in [4.78, 5) is 15.6. The Balaban J connectivity index is 2.75. The quantitative estimate of drug-likeness (QED) is 0.701. The zero-order chi connectivity index (χ0) is 9.47. The summed E-state index contributed by atoms with van der Waals surface area (Å²) >= 11 is 0. The SMILES string of the molecule is CS(C)(C)c1ncnc2nc[nH]c12. The highest BCUT2D eigenvalue weighted by Gasteiger charge is 2.15. The lowest BCUT2D eigenvalue weighted by Crippen LogP contribution is -1.98. The van der Waals surface area contributed by atoms with Crippen LogP contribution in [0.15, 0.2) is 17.7 Å². The first-order valence-corrected chi connectivity index (χ1v) is 6.77. The van der Waals surface area contributed by atoms with Crippen LogP contribution in [0.5, 0.6) is 0 Å². The third-order valence-corrected chi connectivity index (χ3v) is 3.24. The molecule has 0 radical (unpaired) electrons. The molecule has 0 atom stereocenters. The summed E-state index contributed by atoms with van der Waals surface area (Å²) in [6, 6.07) is 0. The van der Waals surface area contributed by atoms with E-state index < -0.39 is 10.0 Å². The average molecular weight is 196 g/mol. The fourth-order valence-corrected chi connectivity index (χ4v) is 2.33. The number of fused-ring (bicyclic) bond motifs is 1. The zero-order valence-electron chi connectivity index (χ0n) is 7.90. The summed E-state index contributed by atoms with van der Waals surface area (Å²) in [5.74, 6) is 0. The smallest absolute Gasteiger partial charge is 0.181 e. The van der Waals surface area contributed by atoms with Gasteiger partial charge in [-0.3, -0.25) is 0 Å². The van der Waals surface area contributed by atoms with Crippen LogP contribution in [0, 0.1) is 0 Å². The lowest BCUT2D eigenvalue weighted by Gasteiger charge is -2.23. The van der Waals surface area contributed by atoms with Crippen molar-refractivity contribution in [2.45, 2.75) is 5.03 Å². The molecule has 0 amide bonds. The molecule has 2 aromatic rings. The van der Waals surface area contributed by atoms with E-state index in [2.05, 4.69) is 38.7 Å². The molecule has 0 bridgehead atoms. The van der Waals surface area contributed by atoms with Crippen molar-refractivity contribution in [3.63, 3.8) is 0 Å². The van der Waals surface area contributed by atoms with Gasteiger partial charge in [0.15, 0.2) is 5.65 Å². The maximum Gasteiger partial charge on any atom is 0.181 e. The summed E-state index contributed by atoms with van der Waals surface area (Å²) in [6.45, 7) is 0. The van der Waals surface area contributed by atoms with Gasteiger partial charge in [0.25, 0.3) is 0 Å². The van der Waals surface area contributed by atoms with E-state index in [9.17, 15) is 0 Å². The van der Waals surface area contributed by atoms with Crippen LogP contribution in [0.1, 0.15) is 0 Å². The van der Waals surface area contributed by atoms with Gasteiger partial charge in [0.1, 0.15) is 16.9 Å². The first-order valence-electron chi connectivity index (χ1n) is 3.91. The van der Waals surface area contributed by atoms with Gasteiger partial charge < -0.3 is 4.98 Å². The van der Waals surface area contributed by atoms with Crippen molar-refractivity contribution in [3.05, 3.63) is 12.7 Å². The Hall–Kier alpha value is -1.10. The number of nitrogens with one attached hydrogen (secondary N) is 1. The molecule has 0 spiro atoms. The van der Waals surface area contributed by atoms with Gasteiger partial charge in [0.2, 0.25) is 0 Å². The number of rotatable bonds is 1. The molecular weight excluding hydrogens is 184 g/mol. The highest BCUT2D eigenvalue weighted by atomic mass is 32.3. The van der Waals surface area contributed by atoms with Crippen molar-refractivity contribution < 1.29 is 0 Å². The van der Waals surface area contributed by atoms with E-state index in [0.717, 1.165) is 16.2 Å². The predicted molar refractivity (Wildman–Crippen MR) is 55.3 cm³/mol. The molecule has 2 rings (SSSR count). The normalized spacial score (nSPS) is 13.5. The molecule has 1 N–H and O–H groups in total. The van der Waals surface area contributed by atoms with Crippen LogP contribution in [0.25, 0.3) is 11.2 Å². The minimum Gasteiger partial charge on any atom is -0.341 e. The van der Waals surface area contributed by atoms with E-state index >= 15 is 0 Å². The van der Waals surface area contributed by atoms with Gasteiger partial charge in [0.05, 0.1) is 6.33 Å². The van der Waals surface area contributed by atoms with Gasteiger partial charge >= 0.3 is 0 Å². The molecule has 0 aliphatic rings. The maximum atomic E-state index is 4.31. The van der Waals surface area contributed by atoms with Crippen molar-refractivity contribution >= 4 is 21.2 Å². The molecule has 0 aliphatic carbocycles. The third-order valence-electron chi connectivity index (χ3n) is 1.77. The lowest BCUT2D eigenvalue weighted by atomic mass is 10.6. The molecule has 0 aliphatic heterocycles. The molecule has 0 saturated heterocycles. The second kappa shape index (κ2) is 2.70. The number of hydrogen-bond acceptors (Lipinski definition) is 3. The topological polar surface area (TPSA) is 54.5 Å². The fraction of sp³-hybridized carbons (Fsp3) is 0.375. The Morgan fingerprint density at radius 2 is 1.92 bits per heavy atom. The second-order valence-corrected chi connectivity index (χ2v) is 7.68. The van der Waals surface area contributed by atoms with Crippen LogP contribution in [0.3, 0.4) is 0 Å². The summed E-state index contributed by atoms with van der Waals surface area (Å²) in [6.07, 6.45) is 9.85. The Bertz CT molecular complexity index is 429. The average Bonchev–Trinajstić information content (AvgIpc) is 2.48. The van der Waals surface area contributed by atoms with E-state index in [4.69, 9.17) is 0 Å². The minimum absolute atomic E-state index is 0.757. The Labute approximate surface area is 78.1 Å². The summed E-state index contributed by atoms with van der Waals surface area (Å²) in [5.41, 5.74) is 1.73. The number of nitrogens with zero attached hydrogens (tertiary/aromatic N) is 3. The van der Waals surface area contributed by atoms with Crippen molar-refractivity contribution in [2.24, 2.45) is 0 Å². The summed E-state index contributed by atoms with van der Waals surface area (Å²) in [5, 5.41) is 1.09. The van der Waals surface area contributed by atoms with Gasteiger partial charge in [-0.2, -0.15) is 0 Å². The number of aromatic nitrogens is 4. The highest BCUT2D eigenvalue weighted by molar-refractivity contribution is 8.32. The Morgan fingerprint density at radius 1 is 1.15 bits per heavy atom. The van der Waals surface area contributed by atoms with E-state index in [1.165, 1.54) is 0 Å². The van der Waals surface area contributed by atoms with Gasteiger partial charge in [-0.1, -0.05) is 0 Å². The first-order chi connectivity index (χ1) is 6.09. The van der Waals surface area contributed by atoms with Crippen LogP contribution in [-0.4, -0.2) is 38.7 Å². The van der Waals surface area contributed by atoms with E-state index in [-0.39, 0.29) is 0 Å². The Morgan fingerprint density at radius 3 is 2.62 bits per heavy atom. The van der Waals surface area contributed by atoms with Crippen molar-refractivity contribution in [2.75, 3.05) is 18.8 Å². The molecule has 70 valence electrons. The van der Waals surface area contributed by atoms with Gasteiger partial charge in [-0.15, -0.1) is 0 Å². The summed E-state index contributed by atoms with van der Waals surface area (Å²) in [7, 11) is -0.822. The largest absolute Gasteiger partial charge is 0.341 e. The maximum absolute atomic E-state index is 4.31. The molecule has 4 nitrogen and oxygen atoms in total. The number of imidazole rings is 1. The third kappa shape index (κ3) is 1.39. The van der Waals surface area contributed by atoms with Crippen LogP contribution >= 0.6 is 10.0 Å². The number of hydrogen-bond donors (Lipinski definition) is 1.